The number of sulfone groups is 1. The zero-order valence-electron chi connectivity index (χ0n) is 11.3. The summed E-state index contributed by atoms with van der Waals surface area (Å²) in [5, 5.41) is 2.59. The van der Waals surface area contributed by atoms with Gasteiger partial charge in [0.25, 0.3) is 0 Å². The van der Waals surface area contributed by atoms with E-state index in [1.807, 2.05) is 4.90 Å². The molecular weight excluding hydrogens is 264 g/mol. The maximum absolute atomic E-state index is 12.6. The summed E-state index contributed by atoms with van der Waals surface area (Å²) >= 11 is 0. The SMILES string of the molecule is CC1C2CNCC2CN1C(=O)C1CCCCS1(=O)=O. The van der Waals surface area contributed by atoms with Crippen LogP contribution in [0.5, 0.6) is 0 Å². The highest BCUT2D eigenvalue weighted by molar-refractivity contribution is 7.92. The predicted octanol–water partition coefficient (Wildman–Crippen LogP) is 0.0200. The lowest BCUT2D eigenvalue weighted by Crippen LogP contribution is -2.48. The first-order valence-corrected chi connectivity index (χ1v) is 8.95. The van der Waals surface area contributed by atoms with Crippen LogP contribution >= 0.6 is 0 Å². The van der Waals surface area contributed by atoms with Gasteiger partial charge in [-0.05, 0) is 31.6 Å². The van der Waals surface area contributed by atoms with Crippen molar-refractivity contribution in [2.45, 2.75) is 37.5 Å². The third-order valence-corrected chi connectivity index (χ3v) is 7.23. The molecule has 3 fully saturated rings. The Balaban J connectivity index is 1.77. The smallest absolute Gasteiger partial charge is 0.241 e. The second kappa shape index (κ2) is 4.74. The lowest BCUT2D eigenvalue weighted by molar-refractivity contribution is -0.131. The number of hydrogen-bond donors (Lipinski definition) is 1. The van der Waals surface area contributed by atoms with Crippen molar-refractivity contribution in [2.75, 3.05) is 25.4 Å². The van der Waals surface area contributed by atoms with E-state index in [1.54, 1.807) is 0 Å². The molecule has 1 amide bonds. The summed E-state index contributed by atoms with van der Waals surface area (Å²) in [6, 6.07) is 0.171. The van der Waals surface area contributed by atoms with Gasteiger partial charge in [0.2, 0.25) is 5.91 Å². The summed E-state index contributed by atoms with van der Waals surface area (Å²) in [6.45, 7) is 4.69. The van der Waals surface area contributed by atoms with E-state index in [0.717, 1.165) is 26.1 Å². The molecule has 0 spiro atoms. The number of fused-ring (bicyclic) bond motifs is 1. The van der Waals surface area contributed by atoms with Crippen LogP contribution in [0.4, 0.5) is 0 Å². The number of hydrogen-bond acceptors (Lipinski definition) is 4. The molecule has 0 aromatic heterocycles. The first kappa shape index (κ1) is 13.4. The summed E-state index contributed by atoms with van der Waals surface area (Å²) in [4.78, 5) is 14.4. The molecule has 0 aromatic carbocycles. The average molecular weight is 286 g/mol. The Hall–Kier alpha value is -0.620. The van der Waals surface area contributed by atoms with E-state index >= 15 is 0 Å². The summed E-state index contributed by atoms with van der Waals surface area (Å²) in [5.41, 5.74) is 0. The third-order valence-electron chi connectivity index (χ3n) is 5.07. The molecule has 19 heavy (non-hydrogen) atoms. The lowest BCUT2D eigenvalue weighted by Gasteiger charge is -2.30. The molecule has 4 atom stereocenters. The molecule has 0 aromatic rings. The van der Waals surface area contributed by atoms with Gasteiger partial charge in [-0.2, -0.15) is 0 Å². The summed E-state index contributed by atoms with van der Waals surface area (Å²) in [5.74, 6) is 1.04. The zero-order chi connectivity index (χ0) is 13.6. The Morgan fingerprint density at radius 2 is 2.05 bits per heavy atom. The molecule has 5 nitrogen and oxygen atoms in total. The van der Waals surface area contributed by atoms with Crippen LogP contribution in [0.3, 0.4) is 0 Å². The Morgan fingerprint density at radius 3 is 2.74 bits per heavy atom. The van der Waals surface area contributed by atoms with Gasteiger partial charge in [-0.25, -0.2) is 8.42 Å². The number of nitrogens with zero attached hydrogens (tertiary/aromatic N) is 1. The number of likely N-dealkylation sites (tertiary alicyclic amines) is 1. The average Bonchev–Trinajstić information content (AvgIpc) is 2.91. The van der Waals surface area contributed by atoms with Gasteiger partial charge in [-0.15, -0.1) is 0 Å². The fourth-order valence-electron chi connectivity index (χ4n) is 3.88. The van der Waals surface area contributed by atoms with Gasteiger partial charge in [0.15, 0.2) is 9.84 Å². The van der Waals surface area contributed by atoms with Gasteiger partial charge in [0.05, 0.1) is 5.75 Å². The highest BCUT2D eigenvalue weighted by Gasteiger charge is 2.47. The molecule has 4 unspecified atom stereocenters. The van der Waals surface area contributed by atoms with E-state index in [4.69, 9.17) is 0 Å². The van der Waals surface area contributed by atoms with Crippen molar-refractivity contribution in [1.29, 1.82) is 0 Å². The van der Waals surface area contributed by atoms with Gasteiger partial charge >= 0.3 is 0 Å². The standard InChI is InChI=1S/C13H22N2O3S/c1-9-11-7-14-6-10(11)8-15(9)13(16)12-4-2-3-5-19(12,17)18/h9-12,14H,2-8H2,1H3. The van der Waals surface area contributed by atoms with Crippen LogP contribution in [0.25, 0.3) is 0 Å². The van der Waals surface area contributed by atoms with Crippen LogP contribution in [0, 0.1) is 11.8 Å². The van der Waals surface area contributed by atoms with Crippen LogP contribution < -0.4 is 5.32 Å². The second-order valence-corrected chi connectivity index (χ2v) is 8.47. The third kappa shape index (κ3) is 2.18. The molecule has 0 aliphatic carbocycles. The Morgan fingerprint density at radius 1 is 1.26 bits per heavy atom. The number of rotatable bonds is 1. The molecule has 6 heteroatoms. The number of nitrogens with one attached hydrogen (secondary N) is 1. The normalized spacial score (nSPS) is 41.2. The predicted molar refractivity (Wildman–Crippen MR) is 72.5 cm³/mol. The van der Waals surface area contributed by atoms with Crippen molar-refractivity contribution in [3.63, 3.8) is 0 Å². The highest BCUT2D eigenvalue weighted by atomic mass is 32.2. The molecule has 3 aliphatic rings. The number of amides is 1. The number of carbonyl (C=O) groups excluding carboxylic acids is 1. The zero-order valence-corrected chi connectivity index (χ0v) is 12.2. The fourth-order valence-corrected chi connectivity index (χ4v) is 5.73. The minimum absolute atomic E-state index is 0.137. The van der Waals surface area contributed by atoms with Gasteiger partial charge in [-0.3, -0.25) is 4.79 Å². The molecule has 0 bridgehead atoms. The van der Waals surface area contributed by atoms with Crippen LogP contribution in [-0.2, 0) is 14.6 Å². The molecule has 3 rings (SSSR count). The van der Waals surface area contributed by atoms with Gasteiger partial charge in [0, 0.05) is 25.7 Å². The molecule has 108 valence electrons. The van der Waals surface area contributed by atoms with E-state index in [0.29, 0.717) is 24.7 Å². The monoisotopic (exact) mass is 286 g/mol. The van der Waals surface area contributed by atoms with Gasteiger partial charge < -0.3 is 10.2 Å². The molecule has 3 saturated heterocycles. The van der Waals surface area contributed by atoms with E-state index in [1.165, 1.54) is 0 Å². The van der Waals surface area contributed by atoms with Crippen molar-refractivity contribution in [3.05, 3.63) is 0 Å². The Labute approximate surface area is 114 Å². The summed E-state index contributed by atoms with van der Waals surface area (Å²) in [6.07, 6.45) is 2.07. The van der Waals surface area contributed by atoms with E-state index in [-0.39, 0.29) is 17.7 Å². The van der Waals surface area contributed by atoms with Crippen LogP contribution in [0.1, 0.15) is 26.2 Å². The molecule has 3 aliphatic heterocycles. The van der Waals surface area contributed by atoms with Crippen molar-refractivity contribution in [3.8, 4) is 0 Å². The van der Waals surface area contributed by atoms with Gasteiger partial charge in [0.1, 0.15) is 5.25 Å². The van der Waals surface area contributed by atoms with Crippen LogP contribution in [0.2, 0.25) is 0 Å². The summed E-state index contributed by atoms with van der Waals surface area (Å²) in [7, 11) is -3.21. The second-order valence-electron chi connectivity index (χ2n) is 6.16. The first-order valence-electron chi connectivity index (χ1n) is 7.23. The Bertz CT molecular complexity index is 476. The van der Waals surface area contributed by atoms with Crippen molar-refractivity contribution in [2.24, 2.45) is 11.8 Å². The minimum atomic E-state index is -3.21. The van der Waals surface area contributed by atoms with Crippen molar-refractivity contribution >= 4 is 15.7 Å². The maximum atomic E-state index is 12.6. The van der Waals surface area contributed by atoms with Gasteiger partial charge in [-0.1, -0.05) is 6.42 Å². The first-order chi connectivity index (χ1) is 9.00. The van der Waals surface area contributed by atoms with Crippen molar-refractivity contribution in [1.82, 2.24) is 10.2 Å². The molecule has 0 saturated carbocycles. The lowest BCUT2D eigenvalue weighted by atomic mass is 9.95. The van der Waals surface area contributed by atoms with Crippen molar-refractivity contribution < 1.29 is 13.2 Å². The number of carbonyl (C=O) groups is 1. The maximum Gasteiger partial charge on any atom is 0.241 e. The van der Waals surface area contributed by atoms with E-state index < -0.39 is 15.1 Å². The Kier molecular flexibility index (Phi) is 3.33. The molecule has 0 radical (unpaired) electrons. The molecule has 1 N–H and O–H groups in total. The molecule has 3 heterocycles. The summed E-state index contributed by atoms with van der Waals surface area (Å²) < 4.78 is 24.1. The van der Waals surface area contributed by atoms with E-state index in [9.17, 15) is 13.2 Å². The minimum Gasteiger partial charge on any atom is -0.338 e. The highest BCUT2D eigenvalue weighted by Crippen LogP contribution is 2.34. The quantitative estimate of drug-likeness (QED) is 0.738. The van der Waals surface area contributed by atoms with Crippen LogP contribution in [-0.4, -0.2) is 55.9 Å². The largest absolute Gasteiger partial charge is 0.338 e. The fraction of sp³-hybridized carbons (Fsp3) is 0.923. The van der Waals surface area contributed by atoms with Crippen LogP contribution in [0.15, 0.2) is 0 Å². The topological polar surface area (TPSA) is 66.5 Å². The molecular formula is C13H22N2O3S. The van der Waals surface area contributed by atoms with E-state index in [2.05, 4.69) is 12.2 Å².